The van der Waals surface area contributed by atoms with E-state index in [1.54, 1.807) is 19.0 Å². The molecule has 2 fully saturated rings. The Balaban J connectivity index is 1.47. The van der Waals surface area contributed by atoms with E-state index >= 15 is 4.79 Å². The van der Waals surface area contributed by atoms with Gasteiger partial charge in [0.2, 0.25) is 11.8 Å². The molecule has 276 valence electrons. The lowest BCUT2D eigenvalue weighted by atomic mass is 9.58. The van der Waals surface area contributed by atoms with Gasteiger partial charge in [-0.1, -0.05) is 118 Å². The fraction of sp³-hybridized carbons (Fsp3) is 0.465. The van der Waals surface area contributed by atoms with Crippen molar-refractivity contribution in [3.8, 4) is 0 Å². The van der Waals surface area contributed by atoms with E-state index in [1.807, 2.05) is 79.1 Å². The molecular formula is C43H55N3O5Si. The molecule has 0 aromatic heterocycles. The van der Waals surface area contributed by atoms with Gasteiger partial charge in [0.15, 0.2) is 0 Å². The molecule has 2 heterocycles. The average Bonchev–Trinajstić information content (AvgIpc) is 3.44. The SMILES string of the molecule is CN(C)C(=O)C1=CC[C@@H]2N(C(=O)OC(C)(C)C)[C@@H](CO[Si](c3ccccc3)(c3ccccc3)C(C)(C)C)C[C@@]23C(=O)N(Cc2ccccc2)CC[C@H]13. The zero-order chi connectivity index (χ0) is 37.5. The van der Waals surface area contributed by atoms with Crippen LogP contribution in [0, 0.1) is 11.3 Å². The lowest BCUT2D eigenvalue weighted by Crippen LogP contribution is -2.67. The summed E-state index contributed by atoms with van der Waals surface area (Å²) in [6.07, 6.45) is 2.92. The van der Waals surface area contributed by atoms with Crippen molar-refractivity contribution in [2.24, 2.45) is 11.3 Å². The van der Waals surface area contributed by atoms with E-state index in [0.29, 0.717) is 37.9 Å². The van der Waals surface area contributed by atoms with Crippen LogP contribution in [-0.4, -0.2) is 85.9 Å². The standard InChI is InChI=1S/C43H55N3O5Si/c1-41(2,3)51-40(49)46-32(30-50-52(42(4,5)6,33-20-14-10-15-21-33)34-22-16-11-17-23-34)28-43-36(35(24-25-37(43)46)38(47)44(7)8)26-27-45(39(43)48)29-31-18-12-9-13-19-31/h9-24,32,36-37H,25-30H2,1-8H3/t32-,36-,37+,43+/m1/s1. The van der Waals surface area contributed by atoms with Crippen LogP contribution in [0.15, 0.2) is 103 Å². The summed E-state index contributed by atoms with van der Waals surface area (Å²) in [6, 6.07) is 30.0. The lowest BCUT2D eigenvalue weighted by Gasteiger charge is -2.51. The highest BCUT2D eigenvalue weighted by Gasteiger charge is 2.67. The van der Waals surface area contributed by atoms with E-state index in [9.17, 15) is 9.59 Å². The van der Waals surface area contributed by atoms with Gasteiger partial charge < -0.3 is 19.0 Å². The summed E-state index contributed by atoms with van der Waals surface area (Å²) < 4.78 is 13.6. The van der Waals surface area contributed by atoms with Gasteiger partial charge in [-0.2, -0.15) is 0 Å². The molecule has 4 atom stereocenters. The summed E-state index contributed by atoms with van der Waals surface area (Å²) in [5.41, 5.74) is -0.0419. The third-order valence-corrected chi connectivity index (χ3v) is 16.2. The van der Waals surface area contributed by atoms with E-state index in [2.05, 4.69) is 69.3 Å². The maximum Gasteiger partial charge on any atom is 0.410 e. The van der Waals surface area contributed by atoms with Gasteiger partial charge in [0, 0.05) is 38.7 Å². The summed E-state index contributed by atoms with van der Waals surface area (Å²) in [6.45, 7) is 13.5. The molecule has 2 saturated heterocycles. The van der Waals surface area contributed by atoms with Crippen molar-refractivity contribution in [3.05, 3.63) is 108 Å². The van der Waals surface area contributed by atoms with Gasteiger partial charge in [-0.05, 0) is 61.0 Å². The second kappa shape index (κ2) is 14.3. The van der Waals surface area contributed by atoms with Crippen LogP contribution in [0.2, 0.25) is 5.04 Å². The predicted molar refractivity (Wildman–Crippen MR) is 208 cm³/mol. The topological polar surface area (TPSA) is 79.4 Å². The highest BCUT2D eigenvalue weighted by Crippen LogP contribution is 2.57. The van der Waals surface area contributed by atoms with Gasteiger partial charge in [0.1, 0.15) is 5.60 Å². The zero-order valence-electron chi connectivity index (χ0n) is 32.1. The van der Waals surface area contributed by atoms with Gasteiger partial charge in [-0.3, -0.25) is 14.5 Å². The van der Waals surface area contributed by atoms with Gasteiger partial charge in [0.25, 0.3) is 8.32 Å². The van der Waals surface area contributed by atoms with Crippen LogP contribution >= 0.6 is 0 Å². The van der Waals surface area contributed by atoms with E-state index < -0.39 is 37.5 Å². The number of benzene rings is 3. The first-order valence-corrected chi connectivity index (χ1v) is 20.5. The number of nitrogens with zero attached hydrogens (tertiary/aromatic N) is 3. The van der Waals surface area contributed by atoms with Crippen molar-refractivity contribution < 1.29 is 23.5 Å². The number of ether oxygens (including phenoxy) is 1. The minimum Gasteiger partial charge on any atom is -0.444 e. The second-order valence-corrected chi connectivity index (χ2v) is 21.2. The average molecular weight is 722 g/mol. The molecule has 3 aromatic rings. The number of hydrogen-bond acceptors (Lipinski definition) is 5. The fourth-order valence-electron chi connectivity index (χ4n) is 9.12. The molecule has 2 aliphatic heterocycles. The number of likely N-dealkylation sites (N-methyl/N-ethyl adjacent to an activating group) is 1. The van der Waals surface area contributed by atoms with Crippen LogP contribution in [0.25, 0.3) is 0 Å². The molecule has 9 heteroatoms. The van der Waals surface area contributed by atoms with Crippen molar-refractivity contribution in [1.29, 1.82) is 0 Å². The van der Waals surface area contributed by atoms with Crippen LogP contribution < -0.4 is 10.4 Å². The van der Waals surface area contributed by atoms with Crippen molar-refractivity contribution in [2.45, 2.75) is 90.1 Å². The first-order chi connectivity index (χ1) is 24.6. The molecule has 6 rings (SSSR count). The molecular weight excluding hydrogens is 667 g/mol. The number of piperidine rings is 1. The first kappa shape index (κ1) is 37.5. The zero-order valence-corrected chi connectivity index (χ0v) is 33.1. The summed E-state index contributed by atoms with van der Waals surface area (Å²) in [4.78, 5) is 48.9. The molecule has 0 N–H and O–H groups in total. The van der Waals surface area contributed by atoms with Crippen molar-refractivity contribution >= 4 is 36.6 Å². The number of carbonyl (C=O) groups is 3. The van der Waals surface area contributed by atoms with Crippen LogP contribution in [0.3, 0.4) is 0 Å². The van der Waals surface area contributed by atoms with Crippen LogP contribution in [0.1, 0.15) is 66.4 Å². The Morgan fingerprint density at radius 3 is 1.94 bits per heavy atom. The Kier molecular flexibility index (Phi) is 10.3. The number of carbonyl (C=O) groups excluding carboxylic acids is 3. The maximum absolute atomic E-state index is 15.3. The molecule has 0 radical (unpaired) electrons. The quantitative estimate of drug-likeness (QED) is 0.252. The van der Waals surface area contributed by atoms with Gasteiger partial charge >= 0.3 is 6.09 Å². The molecule has 8 nitrogen and oxygen atoms in total. The monoisotopic (exact) mass is 721 g/mol. The third kappa shape index (κ3) is 6.73. The second-order valence-electron chi connectivity index (χ2n) is 16.9. The van der Waals surface area contributed by atoms with E-state index in [-0.39, 0.29) is 29.4 Å². The van der Waals surface area contributed by atoms with Crippen LogP contribution in [-0.2, 0) is 25.3 Å². The number of rotatable bonds is 8. The minimum atomic E-state index is -3.00. The van der Waals surface area contributed by atoms with Crippen molar-refractivity contribution in [3.63, 3.8) is 0 Å². The maximum atomic E-state index is 15.3. The molecule has 3 aromatic carbocycles. The van der Waals surface area contributed by atoms with Crippen molar-refractivity contribution in [1.82, 2.24) is 14.7 Å². The molecule has 0 saturated carbocycles. The highest BCUT2D eigenvalue weighted by molar-refractivity contribution is 6.99. The molecule has 3 amide bonds. The van der Waals surface area contributed by atoms with Crippen LogP contribution in [0.4, 0.5) is 4.79 Å². The highest BCUT2D eigenvalue weighted by atomic mass is 28.4. The van der Waals surface area contributed by atoms with Gasteiger partial charge in [0.05, 0.1) is 24.1 Å². The molecule has 52 heavy (non-hydrogen) atoms. The molecule has 3 aliphatic rings. The normalized spacial score (nSPS) is 23.4. The van der Waals surface area contributed by atoms with Crippen molar-refractivity contribution in [2.75, 3.05) is 27.2 Å². The minimum absolute atomic E-state index is 0.00346. The summed E-state index contributed by atoms with van der Waals surface area (Å²) in [5.74, 6) is -0.428. The smallest absolute Gasteiger partial charge is 0.410 e. The predicted octanol–water partition coefficient (Wildman–Crippen LogP) is 6.39. The summed E-state index contributed by atoms with van der Waals surface area (Å²) >= 11 is 0. The van der Waals surface area contributed by atoms with Gasteiger partial charge in [-0.25, -0.2) is 4.79 Å². The van der Waals surface area contributed by atoms with E-state index in [0.717, 1.165) is 15.9 Å². The Labute approximate surface area is 310 Å². The molecule has 0 bridgehead atoms. The summed E-state index contributed by atoms with van der Waals surface area (Å²) in [5, 5.41) is 2.01. The largest absolute Gasteiger partial charge is 0.444 e. The first-order valence-electron chi connectivity index (χ1n) is 18.6. The fourth-order valence-corrected chi connectivity index (χ4v) is 13.7. The lowest BCUT2D eigenvalue weighted by molar-refractivity contribution is -0.154. The number of amides is 3. The van der Waals surface area contributed by atoms with E-state index in [1.165, 1.54) is 0 Å². The van der Waals surface area contributed by atoms with E-state index in [4.69, 9.17) is 9.16 Å². The van der Waals surface area contributed by atoms with Crippen LogP contribution in [0.5, 0.6) is 0 Å². The summed E-state index contributed by atoms with van der Waals surface area (Å²) in [7, 11) is 0.522. The Hall–Kier alpha value is -4.21. The van der Waals surface area contributed by atoms with Gasteiger partial charge in [-0.15, -0.1) is 0 Å². The Bertz CT molecular complexity index is 1740. The molecule has 1 spiro atoms. The number of likely N-dealkylation sites (tertiary alicyclic amines) is 2. The third-order valence-electron chi connectivity index (χ3n) is 11.2. The molecule has 0 unspecified atom stereocenters. The Morgan fingerprint density at radius 2 is 1.42 bits per heavy atom. The molecule has 1 aliphatic carbocycles. The number of hydrogen-bond donors (Lipinski definition) is 0. The Morgan fingerprint density at radius 1 is 0.865 bits per heavy atom.